The third-order valence-electron chi connectivity index (χ3n) is 5.88. The highest BCUT2D eigenvalue weighted by Gasteiger charge is 2.38. The number of ether oxygens (including phenoxy) is 3. The van der Waals surface area contributed by atoms with Gasteiger partial charge in [0, 0.05) is 23.4 Å². The van der Waals surface area contributed by atoms with Gasteiger partial charge in [-0.3, -0.25) is 10.5 Å². The van der Waals surface area contributed by atoms with Gasteiger partial charge < -0.3 is 30.0 Å². The fourth-order valence-electron chi connectivity index (χ4n) is 3.95. The maximum absolute atomic E-state index is 15.9. The monoisotopic (exact) mass is 632 g/mol. The Balaban J connectivity index is 0.000000707. The Labute approximate surface area is 256 Å². The van der Waals surface area contributed by atoms with E-state index in [1.165, 1.54) is 0 Å². The molecule has 0 saturated heterocycles. The molecule has 0 bridgehead atoms. The van der Waals surface area contributed by atoms with Gasteiger partial charge in [0.25, 0.3) is 0 Å². The second-order valence-electron chi connectivity index (χ2n) is 9.51. The molecule has 11 nitrogen and oxygen atoms in total. The summed E-state index contributed by atoms with van der Waals surface area (Å²) in [6, 6.07) is 17.6. The van der Waals surface area contributed by atoms with E-state index < -0.39 is 18.0 Å². The number of nitrogen functional groups attached to an aromatic ring is 1. The summed E-state index contributed by atoms with van der Waals surface area (Å²) in [5.74, 6) is -1.21. The molecule has 4 aromatic rings. The van der Waals surface area contributed by atoms with Crippen molar-refractivity contribution in [1.29, 1.82) is 5.41 Å². The van der Waals surface area contributed by atoms with Gasteiger partial charge in [0.2, 0.25) is 0 Å². The number of H-pyrrole nitrogens is 1. The van der Waals surface area contributed by atoms with Gasteiger partial charge in [-0.05, 0) is 57.2 Å². The van der Waals surface area contributed by atoms with E-state index in [0.717, 1.165) is 5.56 Å². The molecule has 1 heterocycles. The Morgan fingerprint density at radius 3 is 2.31 bits per heavy atom. The number of anilines is 2. The lowest BCUT2D eigenvalue weighted by Gasteiger charge is -2.26. The van der Waals surface area contributed by atoms with E-state index >= 15 is 4.39 Å². The number of para-hydroxylation sites is 1. The van der Waals surface area contributed by atoms with Gasteiger partial charge in [0.05, 0.1) is 37.6 Å². The first-order valence-corrected chi connectivity index (χ1v) is 13.4. The fraction of sp³-hybridized carbons (Fsp3) is 0.267. The van der Waals surface area contributed by atoms with Crippen molar-refractivity contribution in [3.63, 3.8) is 0 Å². The van der Waals surface area contributed by atoms with Crippen LogP contribution in [0.1, 0.15) is 32.2 Å². The first-order chi connectivity index (χ1) is 21.2. The second kappa shape index (κ2) is 14.9. The number of aromatic nitrogens is 3. The summed E-state index contributed by atoms with van der Waals surface area (Å²) in [6.07, 6.45) is -5.32. The molecule has 4 rings (SSSR count). The number of halogens is 4. The molecule has 0 unspecified atom stereocenters. The molecule has 0 atom stereocenters. The van der Waals surface area contributed by atoms with Crippen LogP contribution in [0.5, 0.6) is 17.2 Å². The zero-order valence-electron chi connectivity index (χ0n) is 24.8. The number of nitrogens with one attached hydrogen (secondary N) is 2. The first kappa shape index (κ1) is 34.2. The molecule has 3 aromatic carbocycles. The summed E-state index contributed by atoms with van der Waals surface area (Å²) in [5, 5.41) is 22.2. The van der Waals surface area contributed by atoms with Crippen molar-refractivity contribution in [2.45, 2.75) is 39.6 Å². The molecule has 5 N–H and O–H groups in total. The van der Waals surface area contributed by atoms with Crippen LogP contribution in [-0.4, -0.2) is 58.1 Å². The molecule has 45 heavy (non-hydrogen) atoms. The number of benzene rings is 3. The van der Waals surface area contributed by atoms with Crippen molar-refractivity contribution in [2.24, 2.45) is 5.73 Å². The summed E-state index contributed by atoms with van der Waals surface area (Å²) in [7, 11) is 1.59. The molecule has 0 aliphatic heterocycles. The molecule has 0 radical (unpaired) electrons. The number of hydrogen-bond donors (Lipinski definition) is 4. The van der Waals surface area contributed by atoms with Crippen molar-refractivity contribution in [2.75, 3.05) is 18.6 Å². The average Bonchev–Trinajstić information content (AvgIpc) is 3.46. The number of nitrogens with zero attached hydrogens (tertiary/aromatic N) is 3. The highest BCUT2D eigenvalue weighted by molar-refractivity contribution is 5.95. The Morgan fingerprint density at radius 1 is 1.11 bits per heavy atom. The largest absolute Gasteiger partial charge is 0.496 e. The van der Waals surface area contributed by atoms with Crippen molar-refractivity contribution >= 4 is 23.2 Å². The number of nitrogens with two attached hydrogens (primary N) is 1. The van der Waals surface area contributed by atoms with E-state index in [1.54, 1.807) is 48.4 Å². The van der Waals surface area contributed by atoms with Crippen molar-refractivity contribution < 1.29 is 41.7 Å². The predicted molar refractivity (Wildman–Crippen MR) is 159 cm³/mol. The second-order valence-corrected chi connectivity index (χ2v) is 9.51. The van der Waals surface area contributed by atoms with Crippen LogP contribution >= 0.6 is 0 Å². The van der Waals surface area contributed by atoms with Gasteiger partial charge in [-0.25, -0.2) is 14.2 Å². The van der Waals surface area contributed by atoms with Crippen LogP contribution in [0.25, 0.3) is 11.4 Å². The SMILES string of the molecule is CCOc1cc(OC(C)C)c(F)c(N(Cc2nc(-c3ccccc3OC)n[nH]2)c2ccc(C(=N)N)cc2)c1.O=C(O)C(F)(F)F. The molecule has 0 saturated carbocycles. The molecule has 15 heteroatoms. The number of carbonyl (C=O) groups is 1. The Bertz CT molecular complexity index is 1610. The molecule has 0 spiro atoms. The highest BCUT2D eigenvalue weighted by atomic mass is 19.4. The number of methoxy groups -OCH3 is 1. The van der Waals surface area contributed by atoms with Crippen LogP contribution in [0.4, 0.5) is 28.9 Å². The molecule has 0 aliphatic carbocycles. The van der Waals surface area contributed by atoms with Gasteiger partial charge >= 0.3 is 12.1 Å². The molecule has 0 fully saturated rings. The Hall–Kier alpha value is -5.34. The van der Waals surface area contributed by atoms with Gasteiger partial charge in [-0.2, -0.15) is 18.3 Å². The van der Waals surface area contributed by atoms with E-state index in [2.05, 4.69) is 15.2 Å². The number of alkyl halides is 3. The fourth-order valence-corrected chi connectivity index (χ4v) is 3.95. The molecule has 0 aliphatic rings. The van der Waals surface area contributed by atoms with Crippen LogP contribution in [-0.2, 0) is 11.3 Å². The van der Waals surface area contributed by atoms with Crippen LogP contribution in [0.15, 0.2) is 60.7 Å². The maximum Gasteiger partial charge on any atom is 0.490 e. The summed E-state index contributed by atoms with van der Waals surface area (Å²) < 4.78 is 64.6. The van der Waals surface area contributed by atoms with E-state index in [0.29, 0.717) is 41.0 Å². The summed E-state index contributed by atoms with van der Waals surface area (Å²) in [6.45, 7) is 6.08. The lowest BCUT2D eigenvalue weighted by Crippen LogP contribution is -2.21. The van der Waals surface area contributed by atoms with Crippen molar-refractivity contribution in [3.05, 3.63) is 77.9 Å². The van der Waals surface area contributed by atoms with Crippen molar-refractivity contribution in [1.82, 2.24) is 15.2 Å². The highest BCUT2D eigenvalue weighted by Crippen LogP contribution is 2.38. The number of aromatic amines is 1. The first-order valence-electron chi connectivity index (χ1n) is 13.4. The van der Waals surface area contributed by atoms with Crippen molar-refractivity contribution in [3.8, 4) is 28.6 Å². The number of amidine groups is 1. The lowest BCUT2D eigenvalue weighted by molar-refractivity contribution is -0.192. The van der Waals surface area contributed by atoms with E-state index in [9.17, 15) is 13.2 Å². The molecular weight excluding hydrogens is 600 g/mol. The Morgan fingerprint density at radius 2 is 1.76 bits per heavy atom. The van der Waals surface area contributed by atoms with Crippen LogP contribution < -0.4 is 24.8 Å². The number of rotatable bonds is 11. The van der Waals surface area contributed by atoms with Gasteiger partial charge in [-0.15, -0.1) is 0 Å². The standard InChI is InChI=1S/C28H31FN6O3.C2HF3O2/c1-5-37-20-14-22(26(29)24(15-20)38-17(2)3)35(19-12-10-18(11-13-19)27(30)31)16-25-32-28(34-33-25)21-8-6-7-9-23(21)36-4;3-2(4,5)1(6)7/h6-15,17H,5,16H2,1-4H3,(H3,30,31)(H,32,33,34);(H,6,7). The average molecular weight is 633 g/mol. The van der Waals surface area contributed by atoms with E-state index in [1.807, 2.05) is 45.0 Å². The van der Waals surface area contributed by atoms with Crippen LogP contribution in [0.2, 0.25) is 0 Å². The quantitative estimate of drug-likeness (QED) is 0.0876. The maximum atomic E-state index is 15.9. The number of carboxylic acids is 1. The minimum Gasteiger partial charge on any atom is -0.496 e. The zero-order chi connectivity index (χ0) is 33.3. The number of hydrogen-bond acceptors (Lipinski definition) is 8. The molecular formula is C30H32F4N6O5. The zero-order valence-corrected chi connectivity index (χ0v) is 24.8. The molecule has 1 aromatic heterocycles. The number of aliphatic carboxylic acids is 1. The van der Waals surface area contributed by atoms with Gasteiger partial charge in [-0.1, -0.05) is 12.1 Å². The molecule has 240 valence electrons. The minimum absolute atomic E-state index is 0.0584. The van der Waals surface area contributed by atoms with E-state index in [-0.39, 0.29) is 29.9 Å². The van der Waals surface area contributed by atoms with Crippen LogP contribution in [0.3, 0.4) is 0 Å². The summed E-state index contributed by atoms with van der Waals surface area (Å²) in [5.41, 5.74) is 7.81. The smallest absolute Gasteiger partial charge is 0.490 e. The van der Waals surface area contributed by atoms with Crippen LogP contribution in [0, 0.1) is 11.2 Å². The topological polar surface area (TPSA) is 160 Å². The summed E-state index contributed by atoms with van der Waals surface area (Å²) >= 11 is 0. The molecule has 0 amide bonds. The lowest BCUT2D eigenvalue weighted by atomic mass is 10.1. The third kappa shape index (κ3) is 9.08. The minimum atomic E-state index is -5.08. The Kier molecular flexibility index (Phi) is 11.3. The number of carboxylic acid groups (broad SMARTS) is 1. The predicted octanol–water partition coefficient (Wildman–Crippen LogP) is 6.06. The normalized spacial score (nSPS) is 11.0. The van der Waals surface area contributed by atoms with Gasteiger partial charge in [0.1, 0.15) is 23.2 Å². The summed E-state index contributed by atoms with van der Waals surface area (Å²) in [4.78, 5) is 15.3. The van der Waals surface area contributed by atoms with Gasteiger partial charge in [0.15, 0.2) is 17.4 Å². The third-order valence-corrected chi connectivity index (χ3v) is 5.88. The van der Waals surface area contributed by atoms with E-state index in [4.69, 9.17) is 35.3 Å².